The second-order valence-electron chi connectivity index (χ2n) is 5.34. The molecule has 0 aliphatic carbocycles. The Kier molecular flexibility index (Phi) is 3.20. The summed E-state index contributed by atoms with van der Waals surface area (Å²) in [4.78, 5) is 13.7. The van der Waals surface area contributed by atoms with Crippen LogP contribution in [0.25, 0.3) is 0 Å². The Labute approximate surface area is 103 Å². The number of nitrogens with one attached hydrogen (secondary N) is 1. The van der Waals surface area contributed by atoms with Gasteiger partial charge in [0.25, 0.3) is 0 Å². The van der Waals surface area contributed by atoms with Gasteiger partial charge in [-0.05, 0) is 19.4 Å². The van der Waals surface area contributed by atoms with Gasteiger partial charge in [-0.3, -0.25) is 4.79 Å². The van der Waals surface area contributed by atoms with Gasteiger partial charge in [0, 0.05) is 25.6 Å². The van der Waals surface area contributed by atoms with Crippen molar-refractivity contribution in [2.75, 3.05) is 13.1 Å². The molecular formula is C14H20N2O. The van der Waals surface area contributed by atoms with Crippen molar-refractivity contribution in [3.63, 3.8) is 0 Å². The Bertz CT molecular complexity index is 400. The summed E-state index contributed by atoms with van der Waals surface area (Å²) >= 11 is 0. The number of amides is 1. The molecule has 0 bridgehead atoms. The maximum atomic E-state index is 11.8. The molecule has 1 aromatic rings. The van der Waals surface area contributed by atoms with Crippen LogP contribution in [-0.4, -0.2) is 29.4 Å². The van der Waals surface area contributed by atoms with E-state index in [1.165, 1.54) is 5.56 Å². The molecule has 0 radical (unpaired) electrons. The second-order valence-corrected chi connectivity index (χ2v) is 5.34. The highest BCUT2D eigenvalue weighted by molar-refractivity contribution is 5.74. The van der Waals surface area contributed by atoms with Gasteiger partial charge in [0.05, 0.1) is 6.04 Å². The van der Waals surface area contributed by atoms with Crippen LogP contribution in [-0.2, 0) is 4.79 Å². The van der Waals surface area contributed by atoms with E-state index in [0.29, 0.717) is 0 Å². The van der Waals surface area contributed by atoms with Crippen LogP contribution in [0, 0.1) is 0 Å². The van der Waals surface area contributed by atoms with Crippen molar-refractivity contribution in [3.8, 4) is 0 Å². The van der Waals surface area contributed by atoms with Gasteiger partial charge in [0.15, 0.2) is 0 Å². The predicted octanol–water partition coefficient (Wildman–Crippen LogP) is 1.96. The first-order valence-electron chi connectivity index (χ1n) is 6.07. The first-order valence-corrected chi connectivity index (χ1v) is 6.07. The minimum Gasteiger partial charge on any atom is -0.333 e. The minimum atomic E-state index is -0.00303. The van der Waals surface area contributed by atoms with Crippen LogP contribution in [0.2, 0.25) is 0 Å². The zero-order chi connectivity index (χ0) is 12.5. The zero-order valence-electron chi connectivity index (χ0n) is 10.7. The van der Waals surface area contributed by atoms with Crippen LogP contribution in [0.5, 0.6) is 0 Å². The van der Waals surface area contributed by atoms with E-state index < -0.39 is 0 Å². The van der Waals surface area contributed by atoms with Gasteiger partial charge < -0.3 is 10.2 Å². The molecule has 1 aliphatic heterocycles. The molecule has 1 N–H and O–H groups in total. The molecule has 92 valence electrons. The maximum Gasteiger partial charge on any atom is 0.220 e. The molecule has 0 spiro atoms. The molecule has 1 aliphatic rings. The van der Waals surface area contributed by atoms with Crippen LogP contribution in [0.3, 0.4) is 0 Å². The van der Waals surface area contributed by atoms with Crippen molar-refractivity contribution in [1.29, 1.82) is 0 Å². The van der Waals surface area contributed by atoms with Gasteiger partial charge >= 0.3 is 0 Å². The van der Waals surface area contributed by atoms with Crippen molar-refractivity contribution in [3.05, 3.63) is 35.9 Å². The fourth-order valence-corrected chi connectivity index (χ4v) is 2.38. The zero-order valence-corrected chi connectivity index (χ0v) is 10.7. The van der Waals surface area contributed by atoms with Crippen LogP contribution in [0.1, 0.15) is 32.4 Å². The van der Waals surface area contributed by atoms with Crippen molar-refractivity contribution in [1.82, 2.24) is 10.2 Å². The molecule has 17 heavy (non-hydrogen) atoms. The predicted molar refractivity (Wildman–Crippen MR) is 68.7 cm³/mol. The van der Waals surface area contributed by atoms with E-state index in [4.69, 9.17) is 0 Å². The Morgan fingerprint density at radius 3 is 2.59 bits per heavy atom. The average molecular weight is 232 g/mol. The van der Waals surface area contributed by atoms with E-state index in [-0.39, 0.29) is 17.5 Å². The van der Waals surface area contributed by atoms with Crippen molar-refractivity contribution in [2.24, 2.45) is 0 Å². The molecule has 1 unspecified atom stereocenters. The molecule has 1 heterocycles. The van der Waals surface area contributed by atoms with Gasteiger partial charge in [-0.15, -0.1) is 0 Å². The highest BCUT2D eigenvalue weighted by Gasteiger charge is 2.34. The lowest BCUT2D eigenvalue weighted by Gasteiger charge is -2.44. The highest BCUT2D eigenvalue weighted by Crippen LogP contribution is 2.26. The Morgan fingerprint density at radius 2 is 2.00 bits per heavy atom. The molecule has 1 aromatic carbocycles. The summed E-state index contributed by atoms with van der Waals surface area (Å²) in [6.45, 7) is 7.48. The fourth-order valence-electron chi connectivity index (χ4n) is 2.38. The lowest BCUT2D eigenvalue weighted by atomic mass is 9.95. The fraction of sp³-hybridized carbons (Fsp3) is 0.500. The summed E-state index contributed by atoms with van der Waals surface area (Å²) in [5.74, 6) is 0.147. The summed E-state index contributed by atoms with van der Waals surface area (Å²) in [6.07, 6.45) is 0. The number of piperazine rings is 1. The maximum absolute atomic E-state index is 11.8. The highest BCUT2D eigenvalue weighted by atomic mass is 16.2. The van der Waals surface area contributed by atoms with Gasteiger partial charge in [0.2, 0.25) is 5.91 Å². The lowest BCUT2D eigenvalue weighted by Crippen LogP contribution is -2.59. The van der Waals surface area contributed by atoms with E-state index in [2.05, 4.69) is 31.3 Å². The van der Waals surface area contributed by atoms with Gasteiger partial charge in [-0.2, -0.15) is 0 Å². The second kappa shape index (κ2) is 4.49. The van der Waals surface area contributed by atoms with Crippen LogP contribution < -0.4 is 5.32 Å². The molecule has 1 fully saturated rings. The van der Waals surface area contributed by atoms with Crippen LogP contribution in [0.15, 0.2) is 30.3 Å². The summed E-state index contributed by atoms with van der Waals surface area (Å²) in [6, 6.07) is 10.4. The van der Waals surface area contributed by atoms with Crippen LogP contribution >= 0.6 is 0 Å². The molecule has 0 aromatic heterocycles. The largest absolute Gasteiger partial charge is 0.333 e. The van der Waals surface area contributed by atoms with Crippen molar-refractivity contribution in [2.45, 2.75) is 32.4 Å². The SMILES string of the molecule is CC(=O)N1CC(C)(C)NCC1c1ccccc1. The van der Waals surface area contributed by atoms with Gasteiger partial charge in [-0.25, -0.2) is 0 Å². The summed E-state index contributed by atoms with van der Waals surface area (Å²) in [5.41, 5.74) is 1.20. The summed E-state index contributed by atoms with van der Waals surface area (Å²) in [5, 5.41) is 3.50. The first kappa shape index (κ1) is 12.1. The number of carbonyl (C=O) groups excluding carboxylic acids is 1. The molecule has 3 nitrogen and oxygen atoms in total. The van der Waals surface area contributed by atoms with Crippen molar-refractivity contribution < 1.29 is 4.79 Å². The Hall–Kier alpha value is -1.35. The third kappa shape index (κ3) is 2.67. The minimum absolute atomic E-state index is 0.00303. The molecule has 1 amide bonds. The standard InChI is InChI=1S/C14H20N2O/c1-11(17)16-10-14(2,3)15-9-13(16)12-7-5-4-6-8-12/h4-8,13,15H,9-10H2,1-3H3. The van der Waals surface area contributed by atoms with Crippen LogP contribution in [0.4, 0.5) is 0 Å². The quantitative estimate of drug-likeness (QED) is 0.802. The third-order valence-electron chi connectivity index (χ3n) is 3.30. The summed E-state index contributed by atoms with van der Waals surface area (Å²) < 4.78 is 0. The van der Waals surface area contributed by atoms with Gasteiger partial charge in [0.1, 0.15) is 0 Å². The molecule has 2 rings (SSSR count). The number of nitrogens with zero attached hydrogens (tertiary/aromatic N) is 1. The Morgan fingerprint density at radius 1 is 1.35 bits per heavy atom. The van der Waals surface area contributed by atoms with Crippen molar-refractivity contribution >= 4 is 5.91 Å². The molecule has 3 heteroatoms. The van der Waals surface area contributed by atoms with E-state index >= 15 is 0 Å². The molecule has 1 saturated heterocycles. The number of rotatable bonds is 1. The number of hydrogen-bond donors (Lipinski definition) is 1. The lowest BCUT2D eigenvalue weighted by molar-refractivity contribution is -0.134. The van der Waals surface area contributed by atoms with Gasteiger partial charge in [-0.1, -0.05) is 30.3 Å². The van der Waals surface area contributed by atoms with E-state index in [0.717, 1.165) is 13.1 Å². The monoisotopic (exact) mass is 232 g/mol. The molecule has 0 saturated carbocycles. The van der Waals surface area contributed by atoms with E-state index in [1.807, 2.05) is 23.1 Å². The Balaban J connectivity index is 2.25. The van der Waals surface area contributed by atoms with E-state index in [9.17, 15) is 4.79 Å². The number of hydrogen-bond acceptors (Lipinski definition) is 2. The molecular weight excluding hydrogens is 212 g/mol. The first-order chi connectivity index (χ1) is 7.99. The normalized spacial score (nSPS) is 23.5. The summed E-state index contributed by atoms with van der Waals surface area (Å²) in [7, 11) is 0. The number of carbonyl (C=O) groups is 1. The van der Waals surface area contributed by atoms with E-state index in [1.54, 1.807) is 6.92 Å². The number of benzene rings is 1. The third-order valence-corrected chi connectivity index (χ3v) is 3.30. The molecule has 1 atom stereocenters. The topological polar surface area (TPSA) is 32.3 Å². The average Bonchev–Trinajstić information content (AvgIpc) is 2.29. The smallest absolute Gasteiger partial charge is 0.220 e.